The summed E-state index contributed by atoms with van der Waals surface area (Å²) < 4.78 is 5.24. The number of nitrogens with zero attached hydrogens (tertiary/aromatic N) is 1. The largest absolute Gasteiger partial charge is 0.361 e. The fourth-order valence-electron chi connectivity index (χ4n) is 2.86. The molecular formula is C18H25N3O2. The maximum Gasteiger partial charge on any atom is 0.221 e. The first kappa shape index (κ1) is 17.2. The molecule has 5 nitrogen and oxygen atoms in total. The maximum absolute atomic E-state index is 11.2. The second-order valence-electron chi connectivity index (χ2n) is 6.08. The summed E-state index contributed by atoms with van der Waals surface area (Å²) in [6.45, 7) is 10.6. The molecule has 2 rings (SSSR count). The number of aromatic nitrogens is 1. The monoisotopic (exact) mass is 315 g/mol. The Bertz CT molecular complexity index is 659. The zero-order chi connectivity index (χ0) is 17.0. The van der Waals surface area contributed by atoms with Crippen LogP contribution in [-0.2, 0) is 4.79 Å². The Morgan fingerprint density at radius 3 is 2.65 bits per heavy atom. The van der Waals surface area contributed by atoms with E-state index in [0.29, 0.717) is 5.92 Å². The van der Waals surface area contributed by atoms with Gasteiger partial charge in [0.05, 0.1) is 5.69 Å². The van der Waals surface area contributed by atoms with Crippen LogP contribution in [0.4, 0.5) is 5.69 Å². The predicted molar refractivity (Wildman–Crippen MR) is 91.6 cm³/mol. The lowest BCUT2D eigenvalue weighted by Gasteiger charge is -2.19. The van der Waals surface area contributed by atoms with Gasteiger partial charge in [-0.3, -0.25) is 4.79 Å². The normalized spacial score (nSPS) is 13.6. The Hall–Kier alpha value is -2.14. The lowest BCUT2D eigenvalue weighted by molar-refractivity contribution is -0.114. The van der Waals surface area contributed by atoms with E-state index in [1.807, 2.05) is 32.0 Å². The molecule has 23 heavy (non-hydrogen) atoms. The van der Waals surface area contributed by atoms with E-state index in [0.717, 1.165) is 29.2 Å². The van der Waals surface area contributed by atoms with Crippen molar-refractivity contribution in [2.24, 2.45) is 0 Å². The fourth-order valence-corrected chi connectivity index (χ4v) is 2.86. The van der Waals surface area contributed by atoms with Crippen molar-refractivity contribution in [2.45, 2.75) is 46.6 Å². The van der Waals surface area contributed by atoms with E-state index in [1.165, 1.54) is 12.5 Å². The summed E-state index contributed by atoms with van der Waals surface area (Å²) in [6, 6.07) is 8.09. The van der Waals surface area contributed by atoms with Crippen molar-refractivity contribution in [1.29, 1.82) is 0 Å². The van der Waals surface area contributed by atoms with Crippen LogP contribution in [0.15, 0.2) is 28.8 Å². The molecule has 0 bridgehead atoms. The first-order chi connectivity index (χ1) is 10.9. The van der Waals surface area contributed by atoms with Crippen LogP contribution in [-0.4, -0.2) is 17.6 Å². The Morgan fingerprint density at radius 1 is 1.30 bits per heavy atom. The van der Waals surface area contributed by atoms with E-state index in [1.54, 1.807) is 0 Å². The van der Waals surface area contributed by atoms with E-state index in [9.17, 15) is 4.79 Å². The average Bonchev–Trinajstić information content (AvgIpc) is 2.83. The first-order valence-corrected chi connectivity index (χ1v) is 7.92. The predicted octanol–water partition coefficient (Wildman–Crippen LogP) is 3.70. The van der Waals surface area contributed by atoms with Gasteiger partial charge in [-0.2, -0.15) is 0 Å². The fraction of sp³-hybridized carbons (Fsp3) is 0.444. The number of carbonyl (C=O) groups excluding carboxylic acids is 1. The van der Waals surface area contributed by atoms with Crippen LogP contribution < -0.4 is 10.6 Å². The summed E-state index contributed by atoms with van der Waals surface area (Å²) in [4.78, 5) is 11.2. The van der Waals surface area contributed by atoms with Crippen LogP contribution in [0.2, 0.25) is 0 Å². The number of nitrogens with one attached hydrogen (secondary N) is 2. The first-order valence-electron chi connectivity index (χ1n) is 7.92. The van der Waals surface area contributed by atoms with Crippen molar-refractivity contribution in [3.8, 4) is 0 Å². The molecule has 124 valence electrons. The Labute approximate surface area is 137 Å². The molecule has 0 saturated carbocycles. The highest BCUT2D eigenvalue weighted by Gasteiger charge is 2.17. The van der Waals surface area contributed by atoms with Crippen LogP contribution in [0.25, 0.3) is 0 Å². The molecule has 1 heterocycles. The van der Waals surface area contributed by atoms with E-state index >= 15 is 0 Å². The van der Waals surface area contributed by atoms with Crippen LogP contribution in [0, 0.1) is 13.8 Å². The van der Waals surface area contributed by atoms with Gasteiger partial charge >= 0.3 is 0 Å². The van der Waals surface area contributed by atoms with Crippen molar-refractivity contribution in [2.75, 3.05) is 11.9 Å². The number of benzene rings is 1. The Kier molecular flexibility index (Phi) is 5.55. The standard InChI is InChI=1S/C18H25N3O2/c1-11(18-13(3)21-23-14(18)4)10-19-12(2)16-7-6-8-17(9-16)20-15(5)22/h6-9,11-12,19H,10H2,1-5H3,(H,20,22)/t11-,12+/m1/s1. The molecule has 2 aromatic rings. The highest BCUT2D eigenvalue weighted by molar-refractivity contribution is 5.88. The van der Waals surface area contributed by atoms with E-state index in [4.69, 9.17) is 4.52 Å². The zero-order valence-corrected chi connectivity index (χ0v) is 14.4. The van der Waals surface area contributed by atoms with E-state index in [2.05, 4.69) is 35.7 Å². The van der Waals surface area contributed by atoms with Crippen LogP contribution in [0.5, 0.6) is 0 Å². The Morgan fingerprint density at radius 2 is 2.04 bits per heavy atom. The lowest BCUT2D eigenvalue weighted by Crippen LogP contribution is -2.24. The topological polar surface area (TPSA) is 67.2 Å². The maximum atomic E-state index is 11.2. The minimum Gasteiger partial charge on any atom is -0.361 e. The highest BCUT2D eigenvalue weighted by Crippen LogP contribution is 2.24. The number of aryl methyl sites for hydroxylation is 2. The minimum absolute atomic E-state index is 0.0604. The number of hydrogen-bond acceptors (Lipinski definition) is 4. The van der Waals surface area contributed by atoms with Crippen molar-refractivity contribution < 1.29 is 9.32 Å². The molecule has 0 aliphatic carbocycles. The third kappa shape index (κ3) is 4.42. The minimum atomic E-state index is -0.0604. The summed E-state index contributed by atoms with van der Waals surface area (Å²) in [6.07, 6.45) is 0. The summed E-state index contributed by atoms with van der Waals surface area (Å²) in [5.74, 6) is 1.15. The van der Waals surface area contributed by atoms with Gasteiger partial charge in [0, 0.05) is 30.8 Å². The van der Waals surface area contributed by atoms with Gasteiger partial charge in [-0.25, -0.2) is 0 Å². The summed E-state index contributed by atoms with van der Waals surface area (Å²) >= 11 is 0. The molecule has 0 unspecified atom stereocenters. The van der Waals surface area contributed by atoms with Crippen molar-refractivity contribution in [3.05, 3.63) is 46.8 Å². The van der Waals surface area contributed by atoms with Gasteiger partial charge in [-0.1, -0.05) is 24.2 Å². The molecule has 0 fully saturated rings. The summed E-state index contributed by atoms with van der Waals surface area (Å²) in [5, 5.41) is 10.4. The smallest absolute Gasteiger partial charge is 0.221 e. The quantitative estimate of drug-likeness (QED) is 0.853. The summed E-state index contributed by atoms with van der Waals surface area (Å²) in [7, 11) is 0. The van der Waals surface area contributed by atoms with Gasteiger partial charge in [0.15, 0.2) is 0 Å². The Balaban J connectivity index is 1.99. The zero-order valence-electron chi connectivity index (χ0n) is 14.4. The molecule has 5 heteroatoms. The molecule has 0 aliphatic rings. The molecule has 0 spiro atoms. The van der Waals surface area contributed by atoms with Crippen LogP contribution in [0.1, 0.15) is 55.3 Å². The van der Waals surface area contributed by atoms with E-state index < -0.39 is 0 Å². The third-order valence-corrected chi connectivity index (χ3v) is 4.02. The SMILES string of the molecule is CC(=O)Nc1cccc([C@H](C)NC[C@@H](C)c2c(C)noc2C)c1. The second kappa shape index (κ2) is 7.42. The van der Waals surface area contributed by atoms with Crippen molar-refractivity contribution >= 4 is 11.6 Å². The van der Waals surface area contributed by atoms with E-state index in [-0.39, 0.29) is 11.9 Å². The number of anilines is 1. The van der Waals surface area contributed by atoms with Crippen LogP contribution >= 0.6 is 0 Å². The second-order valence-corrected chi connectivity index (χ2v) is 6.08. The van der Waals surface area contributed by atoms with Gasteiger partial charge in [0.2, 0.25) is 5.91 Å². The molecule has 0 radical (unpaired) electrons. The molecule has 1 amide bonds. The third-order valence-electron chi connectivity index (χ3n) is 4.02. The molecular weight excluding hydrogens is 290 g/mol. The van der Waals surface area contributed by atoms with Gasteiger partial charge in [-0.15, -0.1) is 0 Å². The van der Waals surface area contributed by atoms with Gasteiger partial charge in [-0.05, 0) is 44.4 Å². The molecule has 0 aliphatic heterocycles. The number of carbonyl (C=O) groups is 1. The summed E-state index contributed by atoms with van der Waals surface area (Å²) in [5.41, 5.74) is 4.10. The molecule has 1 aromatic carbocycles. The lowest BCUT2D eigenvalue weighted by atomic mass is 9.98. The molecule has 2 atom stereocenters. The molecule has 0 saturated heterocycles. The molecule has 1 aromatic heterocycles. The number of hydrogen-bond donors (Lipinski definition) is 2. The van der Waals surface area contributed by atoms with Crippen LogP contribution in [0.3, 0.4) is 0 Å². The number of rotatable bonds is 6. The van der Waals surface area contributed by atoms with Gasteiger partial charge in [0.25, 0.3) is 0 Å². The molecule has 2 N–H and O–H groups in total. The average molecular weight is 315 g/mol. The highest BCUT2D eigenvalue weighted by atomic mass is 16.5. The van der Waals surface area contributed by atoms with Gasteiger partial charge < -0.3 is 15.2 Å². The number of amides is 1. The van der Waals surface area contributed by atoms with Gasteiger partial charge in [0.1, 0.15) is 5.76 Å². The van der Waals surface area contributed by atoms with Crippen molar-refractivity contribution in [3.63, 3.8) is 0 Å². The van der Waals surface area contributed by atoms with Crippen molar-refractivity contribution in [1.82, 2.24) is 10.5 Å².